The Morgan fingerprint density at radius 1 is 1.24 bits per heavy atom. The summed E-state index contributed by atoms with van der Waals surface area (Å²) >= 11 is 0. The van der Waals surface area contributed by atoms with Crippen LogP contribution in [-0.4, -0.2) is 49.7 Å². The Kier molecular flexibility index (Phi) is 6.52. The summed E-state index contributed by atoms with van der Waals surface area (Å²) in [6, 6.07) is 0.101. The van der Waals surface area contributed by atoms with E-state index in [0.29, 0.717) is 6.61 Å². The van der Waals surface area contributed by atoms with Crippen LogP contribution in [0.25, 0.3) is 0 Å². The SMILES string of the molecule is COCC(C)NC(C)C(=O)N1CCCCCC1. The molecule has 0 bridgehead atoms. The van der Waals surface area contributed by atoms with Crippen LogP contribution in [-0.2, 0) is 9.53 Å². The maximum absolute atomic E-state index is 12.2. The van der Waals surface area contributed by atoms with Crippen molar-refractivity contribution >= 4 is 5.91 Å². The van der Waals surface area contributed by atoms with Crippen molar-refractivity contribution in [2.45, 2.75) is 51.6 Å². The minimum atomic E-state index is -0.113. The van der Waals surface area contributed by atoms with Crippen LogP contribution in [0.3, 0.4) is 0 Å². The van der Waals surface area contributed by atoms with Gasteiger partial charge in [0.05, 0.1) is 12.6 Å². The molecule has 2 atom stereocenters. The van der Waals surface area contributed by atoms with E-state index in [1.165, 1.54) is 12.8 Å². The van der Waals surface area contributed by atoms with E-state index >= 15 is 0 Å². The number of methoxy groups -OCH3 is 1. The third-order valence-electron chi connectivity index (χ3n) is 3.24. The van der Waals surface area contributed by atoms with Crippen molar-refractivity contribution in [2.75, 3.05) is 26.8 Å². The zero-order chi connectivity index (χ0) is 12.7. The molecule has 0 aromatic carbocycles. The Balaban J connectivity index is 2.38. The second-order valence-electron chi connectivity index (χ2n) is 4.98. The van der Waals surface area contributed by atoms with Crippen LogP contribution < -0.4 is 5.32 Å². The van der Waals surface area contributed by atoms with Crippen LogP contribution in [0.4, 0.5) is 0 Å². The van der Waals surface area contributed by atoms with Crippen LogP contribution in [0, 0.1) is 0 Å². The Hall–Kier alpha value is -0.610. The maximum atomic E-state index is 12.2. The number of carbonyl (C=O) groups is 1. The molecule has 1 rings (SSSR count). The van der Waals surface area contributed by atoms with Crippen molar-refractivity contribution in [3.05, 3.63) is 0 Å². The minimum absolute atomic E-state index is 0.113. The maximum Gasteiger partial charge on any atom is 0.239 e. The van der Waals surface area contributed by atoms with E-state index in [9.17, 15) is 4.79 Å². The number of ether oxygens (including phenoxy) is 1. The molecule has 100 valence electrons. The third kappa shape index (κ3) is 5.04. The second kappa shape index (κ2) is 7.67. The molecule has 0 aromatic rings. The van der Waals surface area contributed by atoms with Gasteiger partial charge in [-0.2, -0.15) is 0 Å². The van der Waals surface area contributed by atoms with Crippen molar-refractivity contribution in [1.82, 2.24) is 10.2 Å². The van der Waals surface area contributed by atoms with E-state index in [-0.39, 0.29) is 18.0 Å². The number of hydrogen-bond donors (Lipinski definition) is 1. The summed E-state index contributed by atoms with van der Waals surface area (Å²) in [5, 5.41) is 3.28. The highest BCUT2D eigenvalue weighted by atomic mass is 16.5. The molecule has 0 spiro atoms. The molecule has 1 fully saturated rings. The number of likely N-dealkylation sites (tertiary alicyclic amines) is 1. The van der Waals surface area contributed by atoms with E-state index in [0.717, 1.165) is 25.9 Å². The molecule has 1 aliphatic heterocycles. The van der Waals surface area contributed by atoms with Gasteiger partial charge in [0.25, 0.3) is 0 Å². The molecule has 17 heavy (non-hydrogen) atoms. The molecular weight excluding hydrogens is 216 g/mol. The third-order valence-corrected chi connectivity index (χ3v) is 3.24. The molecule has 1 amide bonds. The van der Waals surface area contributed by atoms with Crippen molar-refractivity contribution in [3.8, 4) is 0 Å². The molecule has 0 aromatic heterocycles. The van der Waals surface area contributed by atoms with E-state index in [4.69, 9.17) is 4.74 Å². The normalized spacial score (nSPS) is 20.8. The Morgan fingerprint density at radius 2 is 1.82 bits per heavy atom. The predicted octanol–water partition coefficient (Wildman–Crippen LogP) is 1.40. The van der Waals surface area contributed by atoms with Crippen LogP contribution in [0.15, 0.2) is 0 Å². The van der Waals surface area contributed by atoms with Gasteiger partial charge in [-0.3, -0.25) is 4.79 Å². The Morgan fingerprint density at radius 3 is 2.35 bits per heavy atom. The summed E-state index contributed by atoms with van der Waals surface area (Å²) in [5.41, 5.74) is 0. The quantitative estimate of drug-likeness (QED) is 0.792. The number of nitrogens with one attached hydrogen (secondary N) is 1. The number of hydrogen-bond acceptors (Lipinski definition) is 3. The van der Waals surface area contributed by atoms with Crippen LogP contribution in [0.5, 0.6) is 0 Å². The smallest absolute Gasteiger partial charge is 0.239 e. The zero-order valence-corrected chi connectivity index (χ0v) is 11.4. The highest BCUT2D eigenvalue weighted by molar-refractivity contribution is 5.81. The summed E-state index contributed by atoms with van der Waals surface area (Å²) in [6.45, 7) is 6.46. The Bertz CT molecular complexity index is 225. The molecule has 0 saturated carbocycles. The summed E-state index contributed by atoms with van der Waals surface area (Å²) in [5.74, 6) is 0.231. The lowest BCUT2D eigenvalue weighted by atomic mass is 10.2. The van der Waals surface area contributed by atoms with Gasteiger partial charge in [0.1, 0.15) is 0 Å². The number of amides is 1. The highest BCUT2D eigenvalue weighted by Gasteiger charge is 2.22. The van der Waals surface area contributed by atoms with Gasteiger partial charge in [0, 0.05) is 26.2 Å². The van der Waals surface area contributed by atoms with Gasteiger partial charge in [-0.1, -0.05) is 12.8 Å². The standard InChI is InChI=1S/C13H26N2O2/c1-11(10-17-3)14-12(2)13(16)15-8-6-4-5-7-9-15/h11-12,14H,4-10H2,1-3H3. The first-order chi connectivity index (χ1) is 8.15. The van der Waals surface area contributed by atoms with Crippen LogP contribution in [0.1, 0.15) is 39.5 Å². The molecule has 1 heterocycles. The first-order valence-corrected chi connectivity index (χ1v) is 6.69. The topological polar surface area (TPSA) is 41.6 Å². The van der Waals surface area contributed by atoms with Crippen LogP contribution in [0.2, 0.25) is 0 Å². The minimum Gasteiger partial charge on any atom is -0.383 e. The van der Waals surface area contributed by atoms with Gasteiger partial charge in [-0.15, -0.1) is 0 Å². The molecule has 0 aliphatic carbocycles. The predicted molar refractivity (Wildman–Crippen MR) is 69.0 cm³/mol. The molecular formula is C13H26N2O2. The largest absolute Gasteiger partial charge is 0.383 e. The first-order valence-electron chi connectivity index (χ1n) is 6.69. The van der Waals surface area contributed by atoms with Gasteiger partial charge < -0.3 is 15.0 Å². The summed E-state index contributed by atoms with van der Waals surface area (Å²) in [7, 11) is 1.68. The fourth-order valence-electron chi connectivity index (χ4n) is 2.36. The average molecular weight is 242 g/mol. The van der Waals surface area contributed by atoms with Gasteiger partial charge in [-0.25, -0.2) is 0 Å². The number of carbonyl (C=O) groups excluding carboxylic acids is 1. The van der Waals surface area contributed by atoms with Gasteiger partial charge >= 0.3 is 0 Å². The average Bonchev–Trinajstić information content (AvgIpc) is 2.56. The van der Waals surface area contributed by atoms with Crippen molar-refractivity contribution < 1.29 is 9.53 Å². The Labute approximate surface area is 105 Å². The molecule has 0 radical (unpaired) electrons. The van der Waals surface area contributed by atoms with Crippen molar-refractivity contribution in [2.24, 2.45) is 0 Å². The molecule has 1 saturated heterocycles. The van der Waals surface area contributed by atoms with E-state index in [1.54, 1.807) is 7.11 Å². The molecule has 4 nitrogen and oxygen atoms in total. The summed E-state index contributed by atoms with van der Waals surface area (Å²) in [4.78, 5) is 14.2. The number of rotatable bonds is 5. The summed E-state index contributed by atoms with van der Waals surface area (Å²) < 4.78 is 5.06. The van der Waals surface area contributed by atoms with Gasteiger partial charge in [0.15, 0.2) is 0 Å². The lowest BCUT2D eigenvalue weighted by Crippen LogP contribution is -2.48. The second-order valence-corrected chi connectivity index (χ2v) is 4.98. The molecule has 1 N–H and O–H groups in total. The highest BCUT2D eigenvalue weighted by Crippen LogP contribution is 2.10. The fourth-order valence-corrected chi connectivity index (χ4v) is 2.36. The monoisotopic (exact) mass is 242 g/mol. The lowest BCUT2D eigenvalue weighted by Gasteiger charge is -2.26. The van der Waals surface area contributed by atoms with E-state index in [1.807, 2.05) is 18.7 Å². The lowest BCUT2D eigenvalue weighted by molar-refractivity contribution is -0.133. The van der Waals surface area contributed by atoms with E-state index in [2.05, 4.69) is 5.32 Å². The van der Waals surface area contributed by atoms with Crippen LogP contribution >= 0.6 is 0 Å². The molecule has 4 heteroatoms. The van der Waals surface area contributed by atoms with Crippen molar-refractivity contribution in [1.29, 1.82) is 0 Å². The zero-order valence-electron chi connectivity index (χ0n) is 11.4. The summed E-state index contributed by atoms with van der Waals surface area (Å²) in [6.07, 6.45) is 4.80. The molecule has 1 aliphatic rings. The van der Waals surface area contributed by atoms with Gasteiger partial charge in [-0.05, 0) is 26.7 Å². The number of nitrogens with zero attached hydrogens (tertiary/aromatic N) is 1. The van der Waals surface area contributed by atoms with E-state index < -0.39 is 0 Å². The molecule has 2 unspecified atom stereocenters. The van der Waals surface area contributed by atoms with Gasteiger partial charge in [0.2, 0.25) is 5.91 Å². The van der Waals surface area contributed by atoms with Crippen molar-refractivity contribution in [3.63, 3.8) is 0 Å². The first kappa shape index (κ1) is 14.5. The fraction of sp³-hybridized carbons (Fsp3) is 0.923.